The monoisotopic (exact) mass is 299 g/mol. The van der Waals surface area contributed by atoms with E-state index < -0.39 is 0 Å². The van der Waals surface area contributed by atoms with Gasteiger partial charge in [-0.1, -0.05) is 32.4 Å². The molecule has 0 aliphatic carbocycles. The molecular weight excluding hydrogens is 278 g/mol. The zero-order valence-electron chi connectivity index (χ0n) is 11.9. The van der Waals surface area contributed by atoms with Crippen molar-refractivity contribution in [2.75, 3.05) is 19.6 Å². The van der Waals surface area contributed by atoms with Crippen LogP contribution in [0.5, 0.6) is 0 Å². The van der Waals surface area contributed by atoms with Crippen LogP contribution in [-0.4, -0.2) is 30.3 Å². The van der Waals surface area contributed by atoms with Crippen molar-refractivity contribution in [1.29, 1.82) is 0 Å². The highest BCUT2D eigenvalue weighted by Gasteiger charge is 2.29. The van der Waals surface area contributed by atoms with Gasteiger partial charge in [-0.3, -0.25) is 9.69 Å². The second-order valence-corrected chi connectivity index (χ2v) is 8.16. The fourth-order valence-corrected chi connectivity index (χ4v) is 3.68. The van der Waals surface area contributed by atoms with E-state index in [1.54, 1.807) is 6.07 Å². The van der Waals surface area contributed by atoms with Crippen LogP contribution in [0.4, 0.5) is 0 Å². The van der Waals surface area contributed by atoms with Gasteiger partial charge in [0.05, 0.1) is 15.8 Å². The van der Waals surface area contributed by atoms with Gasteiger partial charge in [-0.15, -0.1) is 11.3 Å². The lowest BCUT2D eigenvalue weighted by atomic mass is 9.75. The van der Waals surface area contributed by atoms with Gasteiger partial charge in [0.1, 0.15) is 0 Å². The number of halogens is 1. The first-order valence-corrected chi connectivity index (χ1v) is 8.06. The van der Waals surface area contributed by atoms with Crippen molar-refractivity contribution in [2.24, 2.45) is 11.3 Å². The van der Waals surface area contributed by atoms with Gasteiger partial charge in [0.2, 0.25) is 0 Å². The van der Waals surface area contributed by atoms with E-state index in [9.17, 15) is 4.79 Å². The minimum Gasteiger partial charge on any atom is -0.296 e. The molecule has 2 rings (SSSR count). The van der Waals surface area contributed by atoms with Gasteiger partial charge in [-0.2, -0.15) is 0 Å². The van der Waals surface area contributed by atoms with E-state index >= 15 is 0 Å². The Labute approximate surface area is 124 Å². The maximum atomic E-state index is 12.1. The van der Waals surface area contributed by atoms with E-state index in [1.165, 1.54) is 24.2 Å². The first-order valence-electron chi connectivity index (χ1n) is 6.87. The lowest BCUT2D eigenvalue weighted by Gasteiger charge is -2.38. The summed E-state index contributed by atoms with van der Waals surface area (Å²) in [6.07, 6.45) is 2.39. The number of hydrogen-bond donors (Lipinski definition) is 0. The molecule has 1 aliphatic rings. The lowest BCUT2D eigenvalue weighted by molar-refractivity contribution is 0.0825. The Hall–Kier alpha value is -0.380. The first kappa shape index (κ1) is 15.0. The van der Waals surface area contributed by atoms with Gasteiger partial charge in [-0.05, 0) is 49.4 Å². The van der Waals surface area contributed by atoms with E-state index in [1.807, 2.05) is 6.07 Å². The molecule has 0 bridgehead atoms. The summed E-state index contributed by atoms with van der Waals surface area (Å²) in [6.45, 7) is 9.54. The van der Waals surface area contributed by atoms with Crippen LogP contribution in [0.25, 0.3) is 0 Å². The molecule has 19 heavy (non-hydrogen) atoms. The van der Waals surface area contributed by atoms with Crippen LogP contribution in [-0.2, 0) is 0 Å². The molecule has 1 aromatic rings. The number of thiophene rings is 1. The summed E-state index contributed by atoms with van der Waals surface area (Å²) >= 11 is 7.25. The standard InChI is InChI=1S/C15H22ClNOS/c1-15(2,3)11-6-8-17(9-7-11)10-12(18)13-4-5-14(16)19-13/h4-5,11H,6-10H2,1-3H3. The van der Waals surface area contributed by atoms with Crippen LogP contribution in [0.2, 0.25) is 4.34 Å². The third-order valence-corrected chi connectivity index (χ3v) is 5.30. The summed E-state index contributed by atoms with van der Waals surface area (Å²) in [4.78, 5) is 15.2. The van der Waals surface area contributed by atoms with E-state index in [4.69, 9.17) is 11.6 Å². The molecule has 0 spiro atoms. The van der Waals surface area contributed by atoms with E-state index in [0.717, 1.165) is 23.9 Å². The maximum absolute atomic E-state index is 12.1. The van der Waals surface area contributed by atoms with Gasteiger partial charge in [-0.25, -0.2) is 0 Å². The number of rotatable bonds is 3. The Kier molecular flexibility index (Phi) is 4.70. The molecule has 0 atom stereocenters. The third-order valence-electron chi connectivity index (χ3n) is 4.03. The summed E-state index contributed by atoms with van der Waals surface area (Å²) in [5.74, 6) is 0.973. The summed E-state index contributed by atoms with van der Waals surface area (Å²) in [5, 5.41) is 0. The highest BCUT2D eigenvalue weighted by atomic mass is 35.5. The molecule has 0 aromatic carbocycles. The number of piperidine rings is 1. The molecule has 1 aliphatic heterocycles. The first-order chi connectivity index (χ1) is 8.86. The van der Waals surface area contributed by atoms with Gasteiger partial charge >= 0.3 is 0 Å². The number of carbonyl (C=O) groups is 1. The van der Waals surface area contributed by atoms with Crippen LogP contribution >= 0.6 is 22.9 Å². The van der Waals surface area contributed by atoms with Crippen molar-refractivity contribution >= 4 is 28.7 Å². The van der Waals surface area contributed by atoms with Gasteiger partial charge in [0.15, 0.2) is 5.78 Å². The van der Waals surface area contributed by atoms with Crippen molar-refractivity contribution in [3.05, 3.63) is 21.3 Å². The number of ketones is 1. The van der Waals surface area contributed by atoms with Crippen LogP contribution in [0.15, 0.2) is 12.1 Å². The van der Waals surface area contributed by atoms with Crippen molar-refractivity contribution in [3.8, 4) is 0 Å². The maximum Gasteiger partial charge on any atom is 0.186 e. The average Bonchev–Trinajstić information content (AvgIpc) is 2.75. The van der Waals surface area contributed by atoms with E-state index in [0.29, 0.717) is 16.3 Å². The molecule has 2 nitrogen and oxygen atoms in total. The zero-order chi connectivity index (χ0) is 14.0. The van der Waals surface area contributed by atoms with Crippen LogP contribution in [0.3, 0.4) is 0 Å². The average molecular weight is 300 g/mol. The number of nitrogens with zero attached hydrogens (tertiary/aromatic N) is 1. The molecule has 0 saturated carbocycles. The Morgan fingerprint density at radius 2 is 2.00 bits per heavy atom. The predicted octanol–water partition coefficient (Wildman–Crippen LogP) is 4.34. The van der Waals surface area contributed by atoms with E-state index in [-0.39, 0.29) is 5.78 Å². The fraction of sp³-hybridized carbons (Fsp3) is 0.667. The molecule has 2 heterocycles. The minimum atomic E-state index is 0.200. The number of likely N-dealkylation sites (tertiary alicyclic amines) is 1. The number of Topliss-reactive ketones (excluding diaryl/α,β-unsaturated/α-hetero) is 1. The normalized spacial score (nSPS) is 18.7. The molecule has 106 valence electrons. The lowest BCUT2D eigenvalue weighted by Crippen LogP contribution is -2.40. The molecule has 4 heteroatoms. The molecular formula is C15H22ClNOS. The molecule has 0 N–H and O–H groups in total. The molecule has 1 saturated heterocycles. The van der Waals surface area contributed by atoms with Crippen molar-refractivity contribution in [1.82, 2.24) is 4.90 Å². The van der Waals surface area contributed by atoms with Crippen molar-refractivity contribution in [2.45, 2.75) is 33.6 Å². The Bertz CT molecular complexity index is 441. The zero-order valence-corrected chi connectivity index (χ0v) is 13.5. The second kappa shape index (κ2) is 5.94. The minimum absolute atomic E-state index is 0.200. The number of carbonyl (C=O) groups excluding carboxylic acids is 1. The summed E-state index contributed by atoms with van der Waals surface area (Å²) in [7, 11) is 0. The van der Waals surface area contributed by atoms with Crippen molar-refractivity contribution < 1.29 is 4.79 Å². The third kappa shape index (κ3) is 4.04. The predicted molar refractivity (Wildman–Crippen MR) is 82.3 cm³/mol. The number of hydrogen-bond acceptors (Lipinski definition) is 3. The Morgan fingerprint density at radius 3 is 2.47 bits per heavy atom. The van der Waals surface area contributed by atoms with Crippen LogP contribution < -0.4 is 0 Å². The highest BCUT2D eigenvalue weighted by molar-refractivity contribution is 7.18. The van der Waals surface area contributed by atoms with Crippen LogP contribution in [0, 0.1) is 11.3 Å². The summed E-state index contributed by atoms with van der Waals surface area (Å²) in [5.41, 5.74) is 0.386. The fourth-order valence-electron chi connectivity index (χ4n) is 2.70. The topological polar surface area (TPSA) is 20.3 Å². The smallest absolute Gasteiger partial charge is 0.186 e. The van der Waals surface area contributed by atoms with Crippen molar-refractivity contribution in [3.63, 3.8) is 0 Å². The van der Waals surface area contributed by atoms with E-state index in [2.05, 4.69) is 25.7 Å². The summed E-state index contributed by atoms with van der Waals surface area (Å²) in [6, 6.07) is 3.63. The molecule has 0 amide bonds. The molecule has 1 fully saturated rings. The quantitative estimate of drug-likeness (QED) is 0.774. The molecule has 0 radical (unpaired) electrons. The van der Waals surface area contributed by atoms with Gasteiger partial charge in [0, 0.05) is 0 Å². The van der Waals surface area contributed by atoms with Gasteiger partial charge < -0.3 is 0 Å². The largest absolute Gasteiger partial charge is 0.296 e. The SMILES string of the molecule is CC(C)(C)C1CCN(CC(=O)c2ccc(Cl)s2)CC1. The summed E-state index contributed by atoms with van der Waals surface area (Å²) < 4.78 is 0.690. The Balaban J connectivity index is 1.84. The van der Waals surface area contributed by atoms with Gasteiger partial charge in [0.25, 0.3) is 0 Å². The van der Waals surface area contributed by atoms with Crippen LogP contribution in [0.1, 0.15) is 43.3 Å². The molecule has 1 aromatic heterocycles. The second-order valence-electron chi connectivity index (χ2n) is 6.44. The highest BCUT2D eigenvalue weighted by Crippen LogP contribution is 2.34. The Morgan fingerprint density at radius 1 is 1.37 bits per heavy atom. The molecule has 0 unspecified atom stereocenters.